The molecule has 2 aromatic rings. The lowest BCUT2D eigenvalue weighted by atomic mass is 9.81. The van der Waals surface area contributed by atoms with Crippen molar-refractivity contribution in [1.82, 2.24) is 9.88 Å². The predicted molar refractivity (Wildman–Crippen MR) is 79.0 cm³/mol. The molecule has 0 radical (unpaired) electrons. The summed E-state index contributed by atoms with van der Waals surface area (Å²) in [5.41, 5.74) is 11.7. The molecule has 1 aliphatic heterocycles. The Bertz CT molecular complexity index is 668. The molecule has 3 nitrogen and oxygen atoms in total. The first-order chi connectivity index (χ1) is 9.28. The number of rotatable bonds is 1. The van der Waals surface area contributed by atoms with Crippen molar-refractivity contribution in [2.75, 3.05) is 13.1 Å². The van der Waals surface area contributed by atoms with Crippen LogP contribution in [0, 0.1) is 0 Å². The van der Waals surface area contributed by atoms with Gasteiger partial charge in [0.25, 0.3) is 0 Å². The highest BCUT2D eigenvalue weighted by Crippen LogP contribution is 2.39. The number of benzene rings is 1. The van der Waals surface area contributed by atoms with Crippen molar-refractivity contribution >= 4 is 16.5 Å². The molecule has 3 N–H and O–H groups in total. The first kappa shape index (κ1) is 11.3. The van der Waals surface area contributed by atoms with E-state index in [0.717, 1.165) is 19.5 Å². The van der Waals surface area contributed by atoms with Crippen molar-refractivity contribution < 1.29 is 0 Å². The zero-order valence-electron chi connectivity index (χ0n) is 11.2. The van der Waals surface area contributed by atoms with Gasteiger partial charge in [0.05, 0.1) is 0 Å². The Labute approximate surface area is 113 Å². The first-order valence-electron chi connectivity index (χ1n) is 7.08. The number of fused-ring (bicyclic) bond motifs is 2. The van der Waals surface area contributed by atoms with Gasteiger partial charge in [0.15, 0.2) is 0 Å². The van der Waals surface area contributed by atoms with Gasteiger partial charge >= 0.3 is 0 Å². The molecular weight excluding hydrogens is 234 g/mol. The van der Waals surface area contributed by atoms with E-state index in [9.17, 15) is 0 Å². The van der Waals surface area contributed by atoms with Gasteiger partial charge in [-0.25, -0.2) is 0 Å². The van der Waals surface area contributed by atoms with Crippen molar-refractivity contribution in [2.24, 2.45) is 5.73 Å². The molecule has 4 rings (SSSR count). The van der Waals surface area contributed by atoms with Crippen molar-refractivity contribution in [3.05, 3.63) is 41.6 Å². The molecule has 0 saturated heterocycles. The van der Waals surface area contributed by atoms with Gasteiger partial charge < -0.3 is 10.7 Å². The minimum atomic E-state index is 0.155. The molecule has 0 spiro atoms. The van der Waals surface area contributed by atoms with Crippen molar-refractivity contribution in [1.29, 1.82) is 0 Å². The maximum absolute atomic E-state index is 6.20. The highest BCUT2D eigenvalue weighted by molar-refractivity contribution is 5.98. The smallest absolute Gasteiger partial charge is 0.0462 e. The molecule has 3 heteroatoms. The van der Waals surface area contributed by atoms with Crippen LogP contribution in [0.25, 0.3) is 16.5 Å². The van der Waals surface area contributed by atoms with Gasteiger partial charge in [-0.1, -0.05) is 25.1 Å². The highest BCUT2D eigenvalue weighted by Gasteiger charge is 2.33. The number of nitrogens with two attached hydrogens (primary N) is 1. The SMILES string of the molecule is CCN1CC(N)C=C2c3cccc4[nH]cc(c34)C[C@H]21. The second-order valence-electron chi connectivity index (χ2n) is 5.64. The van der Waals surface area contributed by atoms with Crippen LogP contribution in [0.3, 0.4) is 0 Å². The van der Waals surface area contributed by atoms with Crippen LogP contribution in [0.15, 0.2) is 30.5 Å². The van der Waals surface area contributed by atoms with Gasteiger partial charge in [-0.3, -0.25) is 4.90 Å². The monoisotopic (exact) mass is 253 g/mol. The van der Waals surface area contributed by atoms with E-state index in [1.165, 1.54) is 27.6 Å². The van der Waals surface area contributed by atoms with Gasteiger partial charge in [-0.2, -0.15) is 0 Å². The summed E-state index contributed by atoms with van der Waals surface area (Å²) in [4.78, 5) is 5.91. The Morgan fingerprint density at radius 3 is 3.16 bits per heavy atom. The van der Waals surface area contributed by atoms with Gasteiger partial charge in [0, 0.05) is 35.7 Å². The quantitative estimate of drug-likeness (QED) is 0.818. The van der Waals surface area contributed by atoms with Gasteiger partial charge in [-0.15, -0.1) is 0 Å². The van der Waals surface area contributed by atoms with E-state index in [0.29, 0.717) is 6.04 Å². The molecule has 1 aromatic carbocycles. The topological polar surface area (TPSA) is 45.0 Å². The first-order valence-corrected chi connectivity index (χ1v) is 7.08. The normalized spacial score (nSPS) is 26.3. The Morgan fingerprint density at radius 1 is 1.42 bits per heavy atom. The van der Waals surface area contributed by atoms with Crippen LogP contribution in [0.2, 0.25) is 0 Å². The average molecular weight is 253 g/mol. The molecule has 1 aliphatic carbocycles. The molecule has 0 bridgehead atoms. The van der Waals surface area contributed by atoms with E-state index in [1.807, 2.05) is 0 Å². The summed E-state index contributed by atoms with van der Waals surface area (Å²) in [6.45, 7) is 4.26. The van der Waals surface area contributed by atoms with Gasteiger partial charge in [-0.05, 0) is 35.7 Å². The van der Waals surface area contributed by atoms with Crippen LogP contribution in [0.5, 0.6) is 0 Å². The van der Waals surface area contributed by atoms with Crippen LogP contribution in [-0.4, -0.2) is 35.1 Å². The number of nitrogens with zero attached hydrogens (tertiary/aromatic N) is 1. The largest absolute Gasteiger partial charge is 0.361 e. The van der Waals surface area contributed by atoms with Crippen LogP contribution in [0.4, 0.5) is 0 Å². The van der Waals surface area contributed by atoms with Crippen molar-refractivity contribution in [2.45, 2.75) is 25.4 Å². The molecule has 2 atom stereocenters. The minimum absolute atomic E-state index is 0.155. The molecule has 0 fully saturated rings. The summed E-state index contributed by atoms with van der Waals surface area (Å²) < 4.78 is 0. The fraction of sp³-hybridized carbons (Fsp3) is 0.375. The van der Waals surface area contributed by atoms with E-state index in [1.54, 1.807) is 0 Å². The fourth-order valence-corrected chi connectivity index (χ4v) is 3.71. The maximum Gasteiger partial charge on any atom is 0.0462 e. The zero-order valence-corrected chi connectivity index (χ0v) is 11.2. The Kier molecular flexibility index (Phi) is 2.34. The number of likely N-dealkylation sites (N-methyl/N-ethyl adjacent to an activating group) is 1. The molecule has 1 unspecified atom stereocenters. The van der Waals surface area contributed by atoms with E-state index >= 15 is 0 Å². The molecule has 0 saturated carbocycles. The zero-order chi connectivity index (χ0) is 13.0. The predicted octanol–water partition coefficient (Wildman–Crippen LogP) is 2.14. The number of nitrogens with one attached hydrogen (secondary N) is 1. The molecule has 2 aliphatic rings. The Hall–Kier alpha value is -1.58. The summed E-state index contributed by atoms with van der Waals surface area (Å²) >= 11 is 0. The van der Waals surface area contributed by atoms with Crippen molar-refractivity contribution in [3.8, 4) is 0 Å². The van der Waals surface area contributed by atoms with Crippen LogP contribution < -0.4 is 5.73 Å². The van der Waals surface area contributed by atoms with Crippen LogP contribution >= 0.6 is 0 Å². The number of hydrogen-bond donors (Lipinski definition) is 2. The number of H-pyrrole nitrogens is 1. The summed E-state index contributed by atoms with van der Waals surface area (Å²) in [5, 5.41) is 1.40. The van der Waals surface area contributed by atoms with Crippen LogP contribution in [-0.2, 0) is 6.42 Å². The minimum Gasteiger partial charge on any atom is -0.361 e. The molecule has 1 aromatic heterocycles. The molecule has 19 heavy (non-hydrogen) atoms. The molecule has 2 heterocycles. The maximum atomic E-state index is 6.20. The second kappa shape index (κ2) is 3.95. The number of aromatic nitrogens is 1. The van der Waals surface area contributed by atoms with Gasteiger partial charge in [0.2, 0.25) is 0 Å². The summed E-state index contributed by atoms with van der Waals surface area (Å²) in [6.07, 6.45) is 5.55. The third-order valence-electron chi connectivity index (χ3n) is 4.56. The average Bonchev–Trinajstić information content (AvgIpc) is 2.84. The van der Waals surface area contributed by atoms with E-state index < -0.39 is 0 Å². The third kappa shape index (κ3) is 1.52. The summed E-state index contributed by atoms with van der Waals surface area (Å²) in [6, 6.07) is 7.19. The molecular formula is C16H19N3. The number of hydrogen-bond acceptors (Lipinski definition) is 2. The lowest BCUT2D eigenvalue weighted by Crippen LogP contribution is -2.48. The Balaban J connectivity index is 1.97. The second-order valence-corrected chi connectivity index (χ2v) is 5.64. The van der Waals surface area contributed by atoms with Crippen LogP contribution in [0.1, 0.15) is 18.1 Å². The fourth-order valence-electron chi connectivity index (χ4n) is 3.71. The summed E-state index contributed by atoms with van der Waals surface area (Å²) in [7, 11) is 0. The molecule has 98 valence electrons. The van der Waals surface area contributed by atoms with E-state index in [4.69, 9.17) is 5.73 Å². The van der Waals surface area contributed by atoms with E-state index in [2.05, 4.69) is 47.3 Å². The van der Waals surface area contributed by atoms with Crippen molar-refractivity contribution in [3.63, 3.8) is 0 Å². The number of aromatic amines is 1. The Morgan fingerprint density at radius 2 is 2.32 bits per heavy atom. The summed E-state index contributed by atoms with van der Waals surface area (Å²) in [5.74, 6) is 0. The lowest BCUT2D eigenvalue weighted by molar-refractivity contribution is 0.230. The lowest BCUT2D eigenvalue weighted by Gasteiger charge is -2.40. The standard InChI is InChI=1S/C16H19N3/c1-2-19-9-11(17)7-13-12-4-3-5-14-16(12)10(8-18-14)6-15(13)19/h3-5,7-8,11,15,18H,2,6,9,17H2,1H3/t11?,15-/m1/s1. The highest BCUT2D eigenvalue weighted by atomic mass is 15.2. The third-order valence-corrected chi connectivity index (χ3v) is 4.56. The van der Waals surface area contributed by atoms with Gasteiger partial charge in [0.1, 0.15) is 0 Å². The van der Waals surface area contributed by atoms with E-state index in [-0.39, 0.29) is 6.04 Å². The molecule has 0 amide bonds.